The number of aromatic amines is 1. The molecule has 0 radical (unpaired) electrons. The van der Waals surface area contributed by atoms with Crippen molar-refractivity contribution in [2.45, 2.75) is 32.4 Å². The number of rotatable bonds is 4. The molecule has 1 fully saturated rings. The lowest BCUT2D eigenvalue weighted by Gasteiger charge is -2.24. The van der Waals surface area contributed by atoms with Gasteiger partial charge in [0.15, 0.2) is 0 Å². The predicted octanol–water partition coefficient (Wildman–Crippen LogP) is 3.75. The summed E-state index contributed by atoms with van der Waals surface area (Å²) in [7, 11) is 0. The van der Waals surface area contributed by atoms with Crippen LogP contribution >= 0.6 is 0 Å². The third-order valence-corrected chi connectivity index (χ3v) is 5.10. The lowest BCUT2D eigenvalue weighted by Crippen LogP contribution is -2.41. The van der Waals surface area contributed by atoms with E-state index in [1.165, 1.54) is 12.1 Å². The van der Waals surface area contributed by atoms with Crippen LogP contribution in [-0.2, 0) is 16.1 Å². The SMILES string of the molecule is Cc1ccc(F)cc1NC(=O)C1CCC(=O)N1Cc1c[nH]c2ccccc12. The van der Waals surface area contributed by atoms with Gasteiger partial charge in [-0.2, -0.15) is 0 Å². The van der Waals surface area contributed by atoms with E-state index in [9.17, 15) is 14.0 Å². The van der Waals surface area contributed by atoms with Crippen molar-refractivity contribution in [2.24, 2.45) is 0 Å². The summed E-state index contributed by atoms with van der Waals surface area (Å²) < 4.78 is 13.5. The maximum absolute atomic E-state index is 13.5. The van der Waals surface area contributed by atoms with E-state index in [1.54, 1.807) is 17.9 Å². The number of aromatic nitrogens is 1. The number of anilines is 1. The average Bonchev–Trinajstić information content (AvgIpc) is 3.23. The number of halogens is 1. The lowest BCUT2D eigenvalue weighted by atomic mass is 10.1. The molecule has 2 heterocycles. The van der Waals surface area contributed by atoms with Crippen molar-refractivity contribution in [2.75, 3.05) is 5.32 Å². The zero-order valence-electron chi connectivity index (χ0n) is 15.0. The van der Waals surface area contributed by atoms with Crippen LogP contribution in [0.4, 0.5) is 10.1 Å². The second kappa shape index (κ2) is 6.87. The van der Waals surface area contributed by atoms with Crippen molar-refractivity contribution in [3.05, 3.63) is 65.6 Å². The highest BCUT2D eigenvalue weighted by atomic mass is 19.1. The Labute approximate surface area is 156 Å². The van der Waals surface area contributed by atoms with E-state index >= 15 is 0 Å². The third-order valence-electron chi connectivity index (χ3n) is 5.10. The lowest BCUT2D eigenvalue weighted by molar-refractivity contribution is -0.133. The summed E-state index contributed by atoms with van der Waals surface area (Å²) in [6, 6.07) is 11.6. The van der Waals surface area contributed by atoms with Gasteiger partial charge in [0.25, 0.3) is 0 Å². The summed E-state index contributed by atoms with van der Waals surface area (Å²) in [6.07, 6.45) is 2.67. The molecule has 1 unspecified atom stereocenters. The summed E-state index contributed by atoms with van der Waals surface area (Å²) >= 11 is 0. The molecule has 4 rings (SSSR count). The molecule has 3 aromatic rings. The van der Waals surface area contributed by atoms with E-state index in [1.807, 2.05) is 30.5 Å². The fraction of sp³-hybridized carbons (Fsp3) is 0.238. The fourth-order valence-electron chi connectivity index (χ4n) is 3.60. The maximum atomic E-state index is 13.5. The number of benzene rings is 2. The van der Waals surface area contributed by atoms with Gasteiger partial charge in [0.1, 0.15) is 11.9 Å². The Kier molecular flexibility index (Phi) is 4.39. The molecule has 6 heteroatoms. The summed E-state index contributed by atoms with van der Waals surface area (Å²) in [4.78, 5) is 30.0. The molecule has 5 nitrogen and oxygen atoms in total. The van der Waals surface area contributed by atoms with Crippen LogP contribution in [-0.4, -0.2) is 27.7 Å². The van der Waals surface area contributed by atoms with E-state index in [-0.39, 0.29) is 11.8 Å². The normalized spacial score (nSPS) is 16.9. The minimum Gasteiger partial charge on any atom is -0.361 e. The molecule has 1 atom stereocenters. The van der Waals surface area contributed by atoms with Crippen LogP contribution in [0.15, 0.2) is 48.7 Å². The zero-order chi connectivity index (χ0) is 19.0. The van der Waals surface area contributed by atoms with Gasteiger partial charge >= 0.3 is 0 Å². The molecule has 1 aromatic heterocycles. The highest BCUT2D eigenvalue weighted by Gasteiger charge is 2.36. The zero-order valence-corrected chi connectivity index (χ0v) is 15.0. The summed E-state index contributed by atoms with van der Waals surface area (Å²) in [5, 5.41) is 3.82. The smallest absolute Gasteiger partial charge is 0.247 e. The van der Waals surface area contributed by atoms with E-state index < -0.39 is 11.9 Å². The fourth-order valence-corrected chi connectivity index (χ4v) is 3.60. The molecule has 2 N–H and O–H groups in total. The Bertz CT molecular complexity index is 1030. The Hall–Kier alpha value is -3.15. The van der Waals surface area contributed by atoms with Crippen molar-refractivity contribution >= 4 is 28.4 Å². The van der Waals surface area contributed by atoms with Crippen LogP contribution in [0.5, 0.6) is 0 Å². The van der Waals surface area contributed by atoms with Gasteiger partial charge in [-0.25, -0.2) is 4.39 Å². The first kappa shape index (κ1) is 17.3. The molecule has 0 aliphatic carbocycles. The molecule has 0 spiro atoms. The Morgan fingerprint density at radius 2 is 2.11 bits per heavy atom. The number of nitrogens with zero attached hydrogens (tertiary/aromatic N) is 1. The average molecular weight is 365 g/mol. The standard InChI is InChI=1S/C21H20FN3O2/c1-13-6-7-15(22)10-18(13)24-21(27)19-8-9-20(26)25(19)12-14-11-23-17-5-3-2-4-16(14)17/h2-7,10-11,19,23H,8-9,12H2,1H3,(H,24,27). The molecule has 1 saturated heterocycles. The number of nitrogens with one attached hydrogen (secondary N) is 2. The van der Waals surface area contributed by atoms with E-state index in [4.69, 9.17) is 0 Å². The summed E-state index contributed by atoms with van der Waals surface area (Å²) in [5.74, 6) is -0.736. The van der Waals surface area contributed by atoms with Gasteiger partial charge in [0, 0.05) is 35.8 Å². The quantitative estimate of drug-likeness (QED) is 0.740. The number of para-hydroxylation sites is 1. The van der Waals surface area contributed by atoms with E-state index in [0.29, 0.717) is 25.1 Å². The van der Waals surface area contributed by atoms with Gasteiger partial charge in [-0.3, -0.25) is 9.59 Å². The molecule has 2 amide bonds. The van der Waals surface area contributed by atoms with E-state index in [0.717, 1.165) is 22.0 Å². The largest absolute Gasteiger partial charge is 0.361 e. The summed E-state index contributed by atoms with van der Waals surface area (Å²) in [6.45, 7) is 2.17. The van der Waals surface area contributed by atoms with Crippen LogP contribution in [0.2, 0.25) is 0 Å². The first-order valence-corrected chi connectivity index (χ1v) is 8.94. The number of carbonyl (C=O) groups excluding carboxylic acids is 2. The predicted molar refractivity (Wildman–Crippen MR) is 102 cm³/mol. The number of amides is 2. The molecule has 1 aliphatic heterocycles. The molecule has 2 aromatic carbocycles. The van der Waals surface area contributed by atoms with Gasteiger partial charge in [-0.15, -0.1) is 0 Å². The number of hydrogen-bond acceptors (Lipinski definition) is 2. The molecular formula is C21H20FN3O2. The van der Waals surface area contributed by atoms with Crippen molar-refractivity contribution < 1.29 is 14.0 Å². The second-order valence-electron chi connectivity index (χ2n) is 6.88. The van der Waals surface area contributed by atoms with Crippen molar-refractivity contribution in [1.29, 1.82) is 0 Å². The number of likely N-dealkylation sites (tertiary alicyclic amines) is 1. The van der Waals surface area contributed by atoms with Crippen LogP contribution in [0.25, 0.3) is 10.9 Å². The molecule has 0 saturated carbocycles. The minimum atomic E-state index is -0.561. The van der Waals surface area contributed by atoms with Crippen LogP contribution < -0.4 is 5.32 Å². The van der Waals surface area contributed by atoms with Gasteiger partial charge in [-0.05, 0) is 42.7 Å². The number of fused-ring (bicyclic) bond motifs is 1. The van der Waals surface area contributed by atoms with Crippen LogP contribution in [0.1, 0.15) is 24.0 Å². The number of carbonyl (C=O) groups is 2. The highest BCUT2D eigenvalue weighted by molar-refractivity contribution is 5.99. The highest BCUT2D eigenvalue weighted by Crippen LogP contribution is 2.27. The Morgan fingerprint density at radius 1 is 1.30 bits per heavy atom. The van der Waals surface area contributed by atoms with E-state index in [2.05, 4.69) is 10.3 Å². The van der Waals surface area contributed by atoms with Gasteiger partial charge in [0.2, 0.25) is 11.8 Å². The molecular weight excluding hydrogens is 345 g/mol. The molecule has 138 valence electrons. The second-order valence-corrected chi connectivity index (χ2v) is 6.88. The third kappa shape index (κ3) is 3.30. The van der Waals surface area contributed by atoms with Gasteiger partial charge < -0.3 is 15.2 Å². The molecule has 1 aliphatic rings. The Balaban J connectivity index is 1.56. The molecule has 27 heavy (non-hydrogen) atoms. The van der Waals surface area contributed by atoms with Crippen molar-refractivity contribution in [1.82, 2.24) is 9.88 Å². The monoisotopic (exact) mass is 365 g/mol. The number of hydrogen-bond donors (Lipinski definition) is 2. The first-order valence-electron chi connectivity index (χ1n) is 8.94. The van der Waals surface area contributed by atoms with Gasteiger partial charge in [0.05, 0.1) is 0 Å². The summed E-state index contributed by atoms with van der Waals surface area (Å²) in [5.41, 5.74) is 3.18. The topological polar surface area (TPSA) is 65.2 Å². The van der Waals surface area contributed by atoms with Crippen molar-refractivity contribution in [3.8, 4) is 0 Å². The number of H-pyrrole nitrogens is 1. The maximum Gasteiger partial charge on any atom is 0.247 e. The van der Waals surface area contributed by atoms with Gasteiger partial charge in [-0.1, -0.05) is 24.3 Å². The number of aryl methyl sites for hydroxylation is 1. The van der Waals surface area contributed by atoms with Crippen molar-refractivity contribution in [3.63, 3.8) is 0 Å². The minimum absolute atomic E-state index is 0.0450. The Morgan fingerprint density at radius 3 is 2.96 bits per heavy atom. The van der Waals surface area contributed by atoms with Crippen LogP contribution in [0, 0.1) is 12.7 Å². The van der Waals surface area contributed by atoms with Crippen LogP contribution in [0.3, 0.4) is 0 Å². The first-order chi connectivity index (χ1) is 13.0. The molecule has 0 bridgehead atoms.